The number of carbonyl (C=O) groups is 1. The number of aryl methyl sites for hydroxylation is 2. The van der Waals surface area contributed by atoms with E-state index >= 15 is 0 Å². The zero-order chi connectivity index (χ0) is 13.4. The second kappa shape index (κ2) is 4.99. The number of aliphatic carboxylic acids is 1. The van der Waals surface area contributed by atoms with Gasteiger partial charge in [0.15, 0.2) is 0 Å². The van der Waals surface area contributed by atoms with Crippen LogP contribution in [0.3, 0.4) is 0 Å². The van der Waals surface area contributed by atoms with Crippen LogP contribution in [0.15, 0.2) is 0 Å². The topological polar surface area (TPSA) is 55.1 Å². The highest BCUT2D eigenvalue weighted by Gasteiger charge is 2.35. The molecule has 3 rings (SSSR count). The van der Waals surface area contributed by atoms with Crippen molar-refractivity contribution in [3.63, 3.8) is 0 Å². The van der Waals surface area contributed by atoms with Crippen molar-refractivity contribution in [3.8, 4) is 0 Å². The number of fused-ring (bicyclic) bond motifs is 1. The van der Waals surface area contributed by atoms with Crippen molar-refractivity contribution in [2.45, 2.75) is 64.3 Å². The molecule has 2 aliphatic carbocycles. The van der Waals surface area contributed by atoms with E-state index < -0.39 is 5.97 Å². The van der Waals surface area contributed by atoms with Gasteiger partial charge in [-0.3, -0.25) is 4.79 Å². The van der Waals surface area contributed by atoms with Crippen molar-refractivity contribution < 1.29 is 9.90 Å². The van der Waals surface area contributed by atoms with Crippen LogP contribution in [-0.2, 0) is 17.6 Å². The fourth-order valence-electron chi connectivity index (χ4n) is 3.85. The molecule has 0 aliphatic heterocycles. The Labute approximate surface area is 113 Å². The number of carboxylic acid groups (broad SMARTS) is 1. The van der Waals surface area contributed by atoms with E-state index in [4.69, 9.17) is 4.98 Å². The lowest BCUT2D eigenvalue weighted by molar-refractivity contribution is -0.144. The molecular formula is C15H22N2O2. The largest absolute Gasteiger partial charge is 0.481 e. The molecule has 0 aromatic carbocycles. The fraction of sp³-hybridized carbons (Fsp3) is 0.733. The van der Waals surface area contributed by atoms with Crippen LogP contribution in [0.25, 0.3) is 0 Å². The number of rotatable bonds is 2. The van der Waals surface area contributed by atoms with Crippen LogP contribution in [0.5, 0.6) is 0 Å². The number of nitrogens with zero attached hydrogens (tertiary/aromatic N) is 2. The summed E-state index contributed by atoms with van der Waals surface area (Å²) >= 11 is 0. The first-order valence-corrected chi connectivity index (χ1v) is 7.48. The standard InChI is InChI=1S/C15H22N2O2/c1-10-16-12-7-3-5-9-14(12)17(10)13-8-4-2-6-11(13)15(18)19/h11,13H,2-9H2,1H3,(H,18,19). The maximum absolute atomic E-state index is 11.5. The lowest BCUT2D eigenvalue weighted by Crippen LogP contribution is -2.31. The van der Waals surface area contributed by atoms with E-state index in [9.17, 15) is 9.90 Å². The molecule has 19 heavy (non-hydrogen) atoms. The Morgan fingerprint density at radius 3 is 2.74 bits per heavy atom. The summed E-state index contributed by atoms with van der Waals surface area (Å²) in [6.07, 6.45) is 8.54. The van der Waals surface area contributed by atoms with Gasteiger partial charge in [0.2, 0.25) is 0 Å². The highest BCUT2D eigenvalue weighted by Crippen LogP contribution is 2.37. The lowest BCUT2D eigenvalue weighted by atomic mass is 9.84. The Hall–Kier alpha value is -1.32. The first-order valence-electron chi connectivity index (χ1n) is 7.48. The Balaban J connectivity index is 2.00. The summed E-state index contributed by atoms with van der Waals surface area (Å²) in [6, 6.07) is 0.126. The number of hydrogen-bond donors (Lipinski definition) is 1. The quantitative estimate of drug-likeness (QED) is 0.891. The predicted molar refractivity (Wildman–Crippen MR) is 72.2 cm³/mol. The second-order valence-corrected chi connectivity index (χ2v) is 5.93. The van der Waals surface area contributed by atoms with Crippen molar-refractivity contribution in [1.29, 1.82) is 0 Å². The van der Waals surface area contributed by atoms with Gasteiger partial charge in [0.05, 0.1) is 11.6 Å². The van der Waals surface area contributed by atoms with Gasteiger partial charge in [-0.2, -0.15) is 0 Å². The molecule has 2 atom stereocenters. The maximum atomic E-state index is 11.5. The fourth-order valence-corrected chi connectivity index (χ4v) is 3.85. The molecule has 0 spiro atoms. The molecule has 1 heterocycles. The van der Waals surface area contributed by atoms with Crippen molar-refractivity contribution in [1.82, 2.24) is 9.55 Å². The Morgan fingerprint density at radius 2 is 1.95 bits per heavy atom. The average Bonchev–Trinajstić information content (AvgIpc) is 2.74. The van der Waals surface area contributed by atoms with Gasteiger partial charge in [0, 0.05) is 11.7 Å². The Kier molecular flexibility index (Phi) is 3.33. The van der Waals surface area contributed by atoms with Crippen molar-refractivity contribution in [3.05, 3.63) is 17.2 Å². The molecule has 4 heteroatoms. The summed E-state index contributed by atoms with van der Waals surface area (Å²) in [6.45, 7) is 2.03. The lowest BCUT2D eigenvalue weighted by Gasteiger charge is -2.32. The third-order valence-electron chi connectivity index (χ3n) is 4.72. The molecule has 1 aromatic heterocycles. The zero-order valence-corrected chi connectivity index (χ0v) is 11.6. The average molecular weight is 262 g/mol. The van der Waals surface area contributed by atoms with Gasteiger partial charge in [-0.25, -0.2) is 4.98 Å². The van der Waals surface area contributed by atoms with Gasteiger partial charge < -0.3 is 9.67 Å². The van der Waals surface area contributed by atoms with Crippen LogP contribution in [0, 0.1) is 12.8 Å². The van der Waals surface area contributed by atoms with Crippen LogP contribution in [0.4, 0.5) is 0 Å². The third kappa shape index (κ3) is 2.17. The van der Waals surface area contributed by atoms with Gasteiger partial charge in [-0.1, -0.05) is 12.8 Å². The summed E-state index contributed by atoms with van der Waals surface area (Å²) < 4.78 is 2.27. The highest BCUT2D eigenvalue weighted by atomic mass is 16.4. The van der Waals surface area contributed by atoms with Crippen LogP contribution in [0.2, 0.25) is 0 Å². The minimum absolute atomic E-state index is 0.126. The van der Waals surface area contributed by atoms with Gasteiger partial charge in [0.1, 0.15) is 5.82 Å². The molecule has 1 fully saturated rings. The molecule has 0 amide bonds. The summed E-state index contributed by atoms with van der Waals surface area (Å²) in [5.41, 5.74) is 2.54. The number of hydrogen-bond acceptors (Lipinski definition) is 2. The minimum atomic E-state index is -0.637. The minimum Gasteiger partial charge on any atom is -0.481 e. The molecule has 0 bridgehead atoms. The molecule has 1 N–H and O–H groups in total. The molecule has 1 aromatic rings. The van der Waals surface area contributed by atoms with Crippen molar-refractivity contribution in [2.24, 2.45) is 5.92 Å². The highest BCUT2D eigenvalue weighted by molar-refractivity contribution is 5.70. The first kappa shape index (κ1) is 12.7. The van der Waals surface area contributed by atoms with Crippen LogP contribution >= 0.6 is 0 Å². The molecular weight excluding hydrogens is 240 g/mol. The van der Waals surface area contributed by atoms with Crippen LogP contribution < -0.4 is 0 Å². The Bertz CT molecular complexity index is 493. The molecule has 0 radical (unpaired) electrons. The SMILES string of the molecule is Cc1nc2c(n1C1CCCCC1C(=O)O)CCCC2. The van der Waals surface area contributed by atoms with E-state index in [1.807, 2.05) is 6.92 Å². The monoisotopic (exact) mass is 262 g/mol. The summed E-state index contributed by atoms with van der Waals surface area (Å²) in [5.74, 6) is 0.153. The third-order valence-corrected chi connectivity index (χ3v) is 4.72. The van der Waals surface area contributed by atoms with Gasteiger partial charge in [0.25, 0.3) is 0 Å². The van der Waals surface area contributed by atoms with Crippen molar-refractivity contribution in [2.75, 3.05) is 0 Å². The number of carboxylic acids is 1. The summed E-state index contributed by atoms with van der Waals surface area (Å²) in [5, 5.41) is 9.47. The summed E-state index contributed by atoms with van der Waals surface area (Å²) in [7, 11) is 0. The molecule has 0 saturated heterocycles. The smallest absolute Gasteiger partial charge is 0.308 e. The van der Waals surface area contributed by atoms with Crippen molar-refractivity contribution >= 4 is 5.97 Å². The molecule has 4 nitrogen and oxygen atoms in total. The molecule has 1 saturated carbocycles. The zero-order valence-electron chi connectivity index (χ0n) is 11.6. The van der Waals surface area contributed by atoms with Crippen LogP contribution in [-0.4, -0.2) is 20.6 Å². The number of imidazole rings is 1. The molecule has 2 aliphatic rings. The van der Waals surface area contributed by atoms with E-state index in [1.54, 1.807) is 0 Å². The molecule has 104 valence electrons. The van der Waals surface area contributed by atoms with Gasteiger partial charge >= 0.3 is 5.97 Å². The molecule has 2 unspecified atom stereocenters. The predicted octanol–water partition coefficient (Wildman–Crippen LogP) is 2.89. The maximum Gasteiger partial charge on any atom is 0.308 e. The normalized spacial score (nSPS) is 27.0. The van der Waals surface area contributed by atoms with E-state index in [-0.39, 0.29) is 12.0 Å². The van der Waals surface area contributed by atoms with Gasteiger partial charge in [-0.05, 0) is 45.4 Å². The first-order chi connectivity index (χ1) is 9.18. The summed E-state index contributed by atoms with van der Waals surface area (Å²) in [4.78, 5) is 16.2. The van der Waals surface area contributed by atoms with Crippen LogP contribution in [0.1, 0.15) is 61.8 Å². The second-order valence-electron chi connectivity index (χ2n) is 5.93. The van der Waals surface area contributed by atoms with E-state index in [0.717, 1.165) is 44.3 Å². The van der Waals surface area contributed by atoms with E-state index in [1.165, 1.54) is 24.2 Å². The Morgan fingerprint density at radius 1 is 1.21 bits per heavy atom. The van der Waals surface area contributed by atoms with E-state index in [0.29, 0.717) is 0 Å². The number of aromatic nitrogens is 2. The van der Waals surface area contributed by atoms with E-state index in [2.05, 4.69) is 4.57 Å². The van der Waals surface area contributed by atoms with Gasteiger partial charge in [-0.15, -0.1) is 0 Å².